The summed E-state index contributed by atoms with van der Waals surface area (Å²) in [5, 5.41) is 13.0. The molecule has 0 unspecified atom stereocenters. The summed E-state index contributed by atoms with van der Waals surface area (Å²) in [4.78, 5) is 59.4. The Morgan fingerprint density at radius 2 is 0.887 bits per heavy atom. The number of hydrogen-bond donors (Lipinski definition) is 4. The van der Waals surface area contributed by atoms with E-state index in [0.29, 0.717) is 49.5 Å². The van der Waals surface area contributed by atoms with Crippen LogP contribution in [-0.2, 0) is 52.1 Å². The van der Waals surface area contributed by atoms with Crippen molar-refractivity contribution >= 4 is 54.4 Å². The second-order valence-corrected chi connectivity index (χ2v) is 26.5. The molecule has 2 heterocycles. The lowest BCUT2D eigenvalue weighted by Gasteiger charge is -2.36. The average Bonchev–Trinajstić information content (AvgIpc) is 4.17. The quantitative estimate of drug-likeness (QED) is 0.0572. The van der Waals surface area contributed by atoms with Gasteiger partial charge in [0.1, 0.15) is 23.7 Å². The lowest BCUT2D eigenvalue weighted by molar-refractivity contribution is -0.139. The number of likely N-dealkylation sites (tertiary alicyclic amines) is 2. The highest BCUT2D eigenvalue weighted by Gasteiger charge is 2.43. The number of carbonyl (C=O) groups excluding carboxylic acids is 4. The number of benzene rings is 4. The number of halogens is 2. The van der Waals surface area contributed by atoms with Gasteiger partial charge in [0.05, 0.1) is 21.9 Å². The van der Waals surface area contributed by atoms with Crippen LogP contribution in [0, 0.1) is 23.5 Å². The number of carbonyl (C=O) groups is 4. The molecular formula is C60H82F2N8O8S2. The van der Waals surface area contributed by atoms with Gasteiger partial charge < -0.3 is 31.1 Å². The molecule has 16 nitrogen and oxygen atoms in total. The molecule has 0 spiro atoms. The molecule has 2 saturated carbocycles. The summed E-state index contributed by atoms with van der Waals surface area (Å²) in [5.41, 5.74) is 1.45. The van der Waals surface area contributed by atoms with E-state index in [2.05, 4.69) is 21.3 Å². The first-order chi connectivity index (χ1) is 38.4. The topological polar surface area (TPSA) is 198 Å². The van der Waals surface area contributed by atoms with Crippen LogP contribution in [0.5, 0.6) is 0 Å². The van der Waals surface area contributed by atoms with Crippen LogP contribution in [0.15, 0.2) is 94.7 Å². The molecule has 4 aliphatic rings. The van der Waals surface area contributed by atoms with Crippen molar-refractivity contribution in [2.75, 3.05) is 53.4 Å². The van der Waals surface area contributed by atoms with Crippen molar-refractivity contribution in [1.29, 1.82) is 0 Å². The number of fused-ring (bicyclic) bond motifs is 1. The van der Waals surface area contributed by atoms with Crippen molar-refractivity contribution in [3.05, 3.63) is 108 Å². The van der Waals surface area contributed by atoms with Crippen LogP contribution in [0.4, 0.5) is 8.78 Å². The summed E-state index contributed by atoms with van der Waals surface area (Å²) in [7, 11) is -5.20. The summed E-state index contributed by atoms with van der Waals surface area (Å²) in [6.45, 7) is 4.30. The van der Waals surface area contributed by atoms with Gasteiger partial charge >= 0.3 is 0 Å². The van der Waals surface area contributed by atoms with Gasteiger partial charge in [-0.1, -0.05) is 74.9 Å². The summed E-state index contributed by atoms with van der Waals surface area (Å²) < 4.78 is 91.0. The molecule has 0 bridgehead atoms. The Morgan fingerprint density at radius 3 is 1.24 bits per heavy atom. The highest BCUT2D eigenvalue weighted by Crippen LogP contribution is 2.34. The molecule has 436 valence electrons. The van der Waals surface area contributed by atoms with E-state index in [9.17, 15) is 28.0 Å². The molecule has 2 saturated heterocycles. The smallest absolute Gasteiger partial charge is 0.245 e. The molecule has 4 N–H and O–H groups in total. The minimum Gasteiger partial charge on any atom is -0.343 e. The summed E-state index contributed by atoms with van der Waals surface area (Å²) in [6.07, 6.45) is 12.1. The first kappa shape index (κ1) is 60.7. The van der Waals surface area contributed by atoms with Gasteiger partial charge in [-0.05, 0) is 174 Å². The van der Waals surface area contributed by atoms with Crippen LogP contribution in [0.1, 0.15) is 115 Å². The lowest BCUT2D eigenvalue weighted by atomic mass is 9.83. The molecule has 2 aliphatic carbocycles. The van der Waals surface area contributed by atoms with Gasteiger partial charge in [-0.3, -0.25) is 19.2 Å². The molecule has 4 fully saturated rings. The van der Waals surface area contributed by atoms with E-state index in [1.807, 2.05) is 0 Å². The van der Waals surface area contributed by atoms with Gasteiger partial charge in [0.2, 0.25) is 43.7 Å². The zero-order valence-electron chi connectivity index (χ0n) is 46.9. The second-order valence-electron chi connectivity index (χ2n) is 22.6. The molecule has 0 aromatic heterocycles. The van der Waals surface area contributed by atoms with Gasteiger partial charge in [0.15, 0.2) is 0 Å². The fraction of sp³-hybridized carbons (Fsp3) is 0.567. The van der Waals surface area contributed by atoms with E-state index in [0.717, 1.165) is 75.3 Å². The van der Waals surface area contributed by atoms with Crippen LogP contribution in [0.2, 0.25) is 0 Å². The highest BCUT2D eigenvalue weighted by atomic mass is 32.2. The Balaban J connectivity index is 1.06. The first-order valence-electron chi connectivity index (χ1n) is 29.0. The second kappa shape index (κ2) is 27.6. The Morgan fingerprint density at radius 1 is 0.525 bits per heavy atom. The van der Waals surface area contributed by atoms with Crippen LogP contribution in [0.3, 0.4) is 0 Å². The molecule has 0 radical (unpaired) electrons. The van der Waals surface area contributed by atoms with E-state index in [1.54, 1.807) is 74.1 Å². The molecule has 6 atom stereocenters. The molecule has 80 heavy (non-hydrogen) atoms. The number of rotatable bonds is 24. The monoisotopic (exact) mass is 1140 g/mol. The maximum Gasteiger partial charge on any atom is 0.245 e. The fourth-order valence-electron chi connectivity index (χ4n) is 12.2. The molecule has 4 aromatic carbocycles. The number of sulfonamides is 2. The van der Waals surface area contributed by atoms with Crippen molar-refractivity contribution in [2.45, 2.75) is 163 Å². The highest BCUT2D eigenvalue weighted by molar-refractivity contribution is 7.89. The lowest BCUT2D eigenvalue weighted by Crippen LogP contribution is -2.57. The van der Waals surface area contributed by atoms with Crippen molar-refractivity contribution in [2.24, 2.45) is 11.8 Å². The molecule has 4 amide bonds. The summed E-state index contributed by atoms with van der Waals surface area (Å²) >= 11 is 0. The minimum absolute atomic E-state index is 0.0212. The zero-order valence-corrected chi connectivity index (χ0v) is 48.5. The predicted molar refractivity (Wildman–Crippen MR) is 305 cm³/mol. The molecule has 2 aliphatic heterocycles. The van der Waals surface area contributed by atoms with E-state index >= 15 is 16.8 Å². The van der Waals surface area contributed by atoms with Gasteiger partial charge in [-0.2, -0.15) is 8.61 Å². The zero-order chi connectivity index (χ0) is 57.1. The minimum atomic E-state index is -4.29. The third-order valence-electron chi connectivity index (χ3n) is 17.4. The standard InChI is InChI=1S/C60H82F2N8O8S2/c1-41(63-3)57(71)65-55(45-13-7-5-8-14-45)59(73)69-33-11-17-51(69)39-67(35-31-43-19-25-49(61)26-20-43)79(75,76)53-29-23-48-38-54(30-24-47(48)37-53)80(77,78)68(36-32-44-21-27-50(62)28-22-44)40-52-18-12-34-70(52)60(74)56(46-15-9-6-10-16-46)66-58(72)42(2)64-4/h19-30,37-38,41-42,45-46,51-52,55-56,63-64H,5-18,31-36,39-40H2,1-4H3,(H,65,71)(H,66,72)/t41-,42-,51-,52+,55-,56-/m0/s1. The van der Waals surface area contributed by atoms with Crippen molar-refractivity contribution in [3.8, 4) is 0 Å². The van der Waals surface area contributed by atoms with E-state index in [1.165, 1.54) is 57.1 Å². The predicted octanol–water partition coefficient (Wildman–Crippen LogP) is 6.91. The van der Waals surface area contributed by atoms with Crippen LogP contribution < -0.4 is 21.3 Å². The van der Waals surface area contributed by atoms with Gasteiger partial charge in [-0.15, -0.1) is 0 Å². The number of amides is 4. The van der Waals surface area contributed by atoms with Crippen molar-refractivity contribution in [1.82, 2.24) is 39.7 Å². The molecule has 8 rings (SSSR count). The third-order valence-corrected chi connectivity index (χ3v) is 21.1. The van der Waals surface area contributed by atoms with Crippen LogP contribution in [-0.4, -0.2) is 148 Å². The SMILES string of the molecule is CN[C@@H](C)C(=O)N[C@H](C(=O)N1CCC[C@@H]1CN(CCc1ccc(F)cc1)S(=O)(=O)c1ccc2cc(S(=O)(=O)N(CCc3ccc(F)cc3)C[C@@H]3CCCN3C(=O)[C@@H](NC(=O)[C@H](C)NC)C3CCCCC3)ccc2c1)C1CCCCC1. The number of nitrogens with zero attached hydrogens (tertiary/aromatic N) is 4. The van der Waals surface area contributed by atoms with Crippen LogP contribution >= 0.6 is 0 Å². The summed E-state index contributed by atoms with van der Waals surface area (Å²) in [5.74, 6) is -1.91. The molecule has 4 aromatic rings. The normalized spacial score (nSPS) is 20.2. The molecular weight excluding hydrogens is 1060 g/mol. The number of likely N-dealkylation sites (N-methyl/N-ethyl adjacent to an activating group) is 2. The number of hydrogen-bond acceptors (Lipinski definition) is 10. The van der Waals surface area contributed by atoms with Gasteiger partial charge in [0.25, 0.3) is 0 Å². The third kappa shape index (κ3) is 14.8. The largest absolute Gasteiger partial charge is 0.343 e. The Kier molecular flexibility index (Phi) is 20.9. The first-order valence-corrected chi connectivity index (χ1v) is 31.8. The van der Waals surface area contributed by atoms with Crippen LogP contribution in [0.25, 0.3) is 10.8 Å². The fourth-order valence-corrected chi connectivity index (χ4v) is 15.3. The maximum atomic E-state index is 15.1. The Bertz CT molecular complexity index is 2800. The Labute approximate surface area is 472 Å². The van der Waals surface area contributed by atoms with Gasteiger partial charge in [0, 0.05) is 51.4 Å². The Hall–Kier alpha value is -5.38. The maximum absolute atomic E-state index is 15.1. The van der Waals surface area contributed by atoms with E-state index in [4.69, 9.17) is 0 Å². The summed E-state index contributed by atoms with van der Waals surface area (Å²) in [6, 6.07) is 17.4. The van der Waals surface area contributed by atoms with E-state index in [-0.39, 0.29) is 84.3 Å². The van der Waals surface area contributed by atoms with Crippen molar-refractivity contribution < 1.29 is 44.8 Å². The van der Waals surface area contributed by atoms with E-state index < -0.39 is 67.9 Å². The van der Waals surface area contributed by atoms with Crippen molar-refractivity contribution in [3.63, 3.8) is 0 Å². The number of nitrogens with one attached hydrogen (secondary N) is 4. The average molecular weight is 1150 g/mol. The van der Waals surface area contributed by atoms with Gasteiger partial charge in [-0.25, -0.2) is 25.6 Å². The molecule has 20 heteroatoms.